The van der Waals surface area contributed by atoms with Gasteiger partial charge in [0.25, 0.3) is 0 Å². The highest BCUT2D eigenvalue weighted by atomic mass is 79.9. The zero-order valence-electron chi connectivity index (χ0n) is 15.2. The first-order chi connectivity index (χ1) is 11.2. The van der Waals surface area contributed by atoms with Crippen molar-refractivity contribution >= 4 is 25.8 Å². The molecule has 2 atom stereocenters. The molecule has 1 saturated heterocycles. The molecule has 0 N–H and O–H groups in total. The monoisotopic (exact) mass is 415 g/mol. The SMILES string of the molecule is CC(C)CCC1CC(S(=O)(=O)c2ccc(Br)cc2)CN(C(C)C)C1. The normalized spacial score (nSPS) is 23.1. The van der Waals surface area contributed by atoms with Gasteiger partial charge >= 0.3 is 0 Å². The molecule has 0 spiro atoms. The number of hydrogen-bond donors (Lipinski definition) is 0. The van der Waals surface area contributed by atoms with Gasteiger partial charge in [0.05, 0.1) is 10.1 Å². The quantitative estimate of drug-likeness (QED) is 0.671. The van der Waals surface area contributed by atoms with Gasteiger partial charge in [-0.25, -0.2) is 8.42 Å². The Bertz CT molecular complexity index is 625. The lowest BCUT2D eigenvalue weighted by molar-refractivity contribution is 0.134. The summed E-state index contributed by atoms with van der Waals surface area (Å²) in [6.45, 7) is 10.5. The van der Waals surface area contributed by atoms with Crippen molar-refractivity contribution < 1.29 is 8.42 Å². The summed E-state index contributed by atoms with van der Waals surface area (Å²) in [5.74, 6) is 1.14. The van der Waals surface area contributed by atoms with Crippen molar-refractivity contribution in [3.8, 4) is 0 Å². The number of nitrogens with zero attached hydrogens (tertiary/aromatic N) is 1. The Morgan fingerprint density at radius 2 is 1.75 bits per heavy atom. The van der Waals surface area contributed by atoms with E-state index in [1.807, 2.05) is 12.1 Å². The van der Waals surface area contributed by atoms with Crippen LogP contribution in [-0.2, 0) is 9.84 Å². The lowest BCUT2D eigenvalue weighted by Gasteiger charge is -2.40. The van der Waals surface area contributed by atoms with E-state index in [0.717, 1.165) is 23.9 Å². The highest BCUT2D eigenvalue weighted by Gasteiger charge is 2.36. The van der Waals surface area contributed by atoms with Gasteiger partial charge in [0, 0.05) is 23.6 Å². The molecule has 1 aromatic carbocycles. The van der Waals surface area contributed by atoms with Crippen LogP contribution in [0.5, 0.6) is 0 Å². The Balaban J connectivity index is 2.21. The minimum atomic E-state index is -3.28. The summed E-state index contributed by atoms with van der Waals surface area (Å²) < 4.78 is 27.1. The Kier molecular flexibility index (Phi) is 6.91. The average molecular weight is 416 g/mol. The van der Waals surface area contributed by atoms with Crippen LogP contribution in [-0.4, -0.2) is 37.7 Å². The van der Waals surface area contributed by atoms with Gasteiger partial charge in [-0.1, -0.05) is 36.2 Å². The summed E-state index contributed by atoms with van der Waals surface area (Å²) in [6, 6.07) is 7.45. The Hall–Kier alpha value is -0.390. The van der Waals surface area contributed by atoms with Crippen molar-refractivity contribution in [3.63, 3.8) is 0 Å². The van der Waals surface area contributed by atoms with Gasteiger partial charge in [-0.2, -0.15) is 0 Å². The Morgan fingerprint density at radius 3 is 2.29 bits per heavy atom. The smallest absolute Gasteiger partial charge is 0.182 e. The van der Waals surface area contributed by atoms with Crippen LogP contribution in [0.4, 0.5) is 0 Å². The highest BCUT2D eigenvalue weighted by molar-refractivity contribution is 9.10. The molecule has 0 radical (unpaired) electrons. The first-order valence-electron chi connectivity index (χ1n) is 8.93. The second kappa shape index (κ2) is 8.33. The van der Waals surface area contributed by atoms with E-state index in [9.17, 15) is 8.42 Å². The minimum absolute atomic E-state index is 0.299. The Morgan fingerprint density at radius 1 is 1.12 bits per heavy atom. The van der Waals surface area contributed by atoms with Crippen LogP contribution in [0.3, 0.4) is 0 Å². The Labute approximate surface area is 155 Å². The molecule has 3 nitrogen and oxygen atoms in total. The summed E-state index contributed by atoms with van der Waals surface area (Å²) in [5.41, 5.74) is 0. The van der Waals surface area contributed by atoms with Gasteiger partial charge in [0.15, 0.2) is 9.84 Å². The van der Waals surface area contributed by atoms with Crippen LogP contribution in [0.1, 0.15) is 47.0 Å². The van der Waals surface area contributed by atoms with Crippen molar-refractivity contribution in [2.75, 3.05) is 13.1 Å². The maximum atomic E-state index is 13.1. The molecule has 1 fully saturated rings. The zero-order valence-corrected chi connectivity index (χ0v) is 17.6. The lowest BCUT2D eigenvalue weighted by atomic mass is 9.90. The van der Waals surface area contributed by atoms with E-state index in [1.165, 1.54) is 6.42 Å². The van der Waals surface area contributed by atoms with Gasteiger partial charge < -0.3 is 0 Å². The molecule has 5 heteroatoms. The maximum Gasteiger partial charge on any atom is 0.182 e. The molecule has 136 valence electrons. The lowest BCUT2D eigenvalue weighted by Crippen LogP contribution is -2.49. The first-order valence-corrected chi connectivity index (χ1v) is 11.3. The predicted molar refractivity (Wildman–Crippen MR) is 104 cm³/mol. The summed E-state index contributed by atoms with van der Waals surface area (Å²) in [6.07, 6.45) is 3.07. The average Bonchev–Trinajstić information content (AvgIpc) is 2.53. The van der Waals surface area contributed by atoms with E-state index in [0.29, 0.717) is 29.3 Å². The number of benzene rings is 1. The van der Waals surface area contributed by atoms with Crippen LogP contribution in [0.15, 0.2) is 33.6 Å². The molecule has 1 heterocycles. The molecular formula is C19H30BrNO2S. The maximum absolute atomic E-state index is 13.1. The first kappa shape index (κ1) is 19.9. The molecular weight excluding hydrogens is 386 g/mol. The van der Waals surface area contributed by atoms with E-state index in [-0.39, 0.29) is 5.25 Å². The van der Waals surface area contributed by atoms with Crippen molar-refractivity contribution in [2.45, 2.75) is 63.1 Å². The van der Waals surface area contributed by atoms with E-state index in [1.54, 1.807) is 12.1 Å². The standard InChI is InChI=1S/C19H30BrNO2S/c1-14(2)5-6-16-11-19(13-21(12-16)15(3)4)24(22,23)18-9-7-17(20)8-10-18/h7-10,14-16,19H,5-6,11-13H2,1-4H3. The van der Waals surface area contributed by atoms with Crippen LogP contribution in [0, 0.1) is 11.8 Å². The van der Waals surface area contributed by atoms with Gasteiger partial charge in [-0.15, -0.1) is 0 Å². The van der Waals surface area contributed by atoms with Crippen molar-refractivity contribution in [1.29, 1.82) is 0 Å². The summed E-state index contributed by atoms with van der Waals surface area (Å²) in [4.78, 5) is 2.79. The van der Waals surface area contributed by atoms with Gasteiger partial charge in [-0.05, 0) is 62.8 Å². The fourth-order valence-corrected chi connectivity index (χ4v) is 5.51. The minimum Gasteiger partial charge on any atom is -0.299 e. The van der Waals surface area contributed by atoms with Gasteiger partial charge in [0.2, 0.25) is 0 Å². The largest absolute Gasteiger partial charge is 0.299 e. The number of likely N-dealkylation sites (tertiary alicyclic amines) is 1. The van der Waals surface area contributed by atoms with Crippen LogP contribution < -0.4 is 0 Å². The summed E-state index contributed by atoms with van der Waals surface area (Å²) in [7, 11) is -3.28. The molecule has 0 aliphatic carbocycles. The van der Waals surface area contributed by atoms with E-state index in [4.69, 9.17) is 0 Å². The number of halogens is 1. The number of rotatable bonds is 6. The molecule has 1 aromatic rings. The van der Waals surface area contributed by atoms with Crippen molar-refractivity contribution in [3.05, 3.63) is 28.7 Å². The third-order valence-electron chi connectivity index (χ3n) is 4.99. The van der Waals surface area contributed by atoms with E-state index < -0.39 is 9.84 Å². The number of piperidine rings is 1. The molecule has 2 rings (SSSR count). The summed E-state index contributed by atoms with van der Waals surface area (Å²) in [5, 5.41) is -0.299. The predicted octanol–water partition coefficient (Wildman–Crippen LogP) is 4.76. The van der Waals surface area contributed by atoms with Gasteiger partial charge in [-0.3, -0.25) is 4.90 Å². The fraction of sp³-hybridized carbons (Fsp3) is 0.684. The fourth-order valence-electron chi connectivity index (χ4n) is 3.43. The second-order valence-corrected chi connectivity index (χ2v) is 10.9. The molecule has 0 aromatic heterocycles. The highest BCUT2D eigenvalue weighted by Crippen LogP contribution is 2.31. The number of sulfone groups is 1. The molecule has 1 aliphatic rings. The molecule has 0 saturated carbocycles. The van der Waals surface area contributed by atoms with Crippen LogP contribution in [0.25, 0.3) is 0 Å². The molecule has 24 heavy (non-hydrogen) atoms. The molecule has 0 amide bonds. The van der Waals surface area contributed by atoms with Crippen LogP contribution in [0.2, 0.25) is 0 Å². The summed E-state index contributed by atoms with van der Waals surface area (Å²) >= 11 is 3.38. The van der Waals surface area contributed by atoms with Crippen LogP contribution >= 0.6 is 15.9 Å². The van der Waals surface area contributed by atoms with Crippen molar-refractivity contribution in [1.82, 2.24) is 4.90 Å². The second-order valence-electron chi connectivity index (χ2n) is 7.74. The topological polar surface area (TPSA) is 37.4 Å². The third kappa shape index (κ3) is 5.06. The van der Waals surface area contributed by atoms with Gasteiger partial charge in [0.1, 0.15) is 0 Å². The molecule has 0 bridgehead atoms. The molecule has 1 aliphatic heterocycles. The zero-order chi connectivity index (χ0) is 17.9. The van der Waals surface area contributed by atoms with Crippen molar-refractivity contribution in [2.24, 2.45) is 11.8 Å². The third-order valence-corrected chi connectivity index (χ3v) is 7.67. The van der Waals surface area contributed by atoms with E-state index in [2.05, 4.69) is 48.5 Å². The molecule has 2 unspecified atom stereocenters. The number of hydrogen-bond acceptors (Lipinski definition) is 3. The van der Waals surface area contributed by atoms with E-state index >= 15 is 0 Å².